The fourth-order valence-corrected chi connectivity index (χ4v) is 2.17. The van der Waals surface area contributed by atoms with Gasteiger partial charge in [-0.05, 0) is 25.3 Å². The highest BCUT2D eigenvalue weighted by atomic mass is 16.4. The van der Waals surface area contributed by atoms with Crippen molar-refractivity contribution in [3.63, 3.8) is 0 Å². The predicted molar refractivity (Wildman–Crippen MR) is 79.4 cm³/mol. The van der Waals surface area contributed by atoms with Crippen LogP contribution in [0.25, 0.3) is 0 Å². The molecule has 0 bridgehead atoms. The molecule has 0 aliphatic carbocycles. The summed E-state index contributed by atoms with van der Waals surface area (Å²) in [5.41, 5.74) is 5.34. The summed E-state index contributed by atoms with van der Waals surface area (Å²) in [5, 5.41) is 25.0. The SMILES string of the molecule is CCC(CC)C(O)CNCCCC(C)(C)C(N)=NO. The van der Waals surface area contributed by atoms with E-state index in [4.69, 9.17) is 10.9 Å². The highest BCUT2D eigenvalue weighted by molar-refractivity contribution is 5.85. The molecule has 0 amide bonds. The van der Waals surface area contributed by atoms with E-state index in [0.29, 0.717) is 12.5 Å². The Kier molecular flexibility index (Phi) is 8.76. The number of nitrogens with one attached hydrogen (secondary N) is 1. The Morgan fingerprint density at radius 1 is 1.32 bits per heavy atom. The molecule has 0 aromatic carbocycles. The molecule has 0 aliphatic heterocycles. The molecule has 0 rings (SSSR count). The van der Waals surface area contributed by atoms with Crippen molar-refractivity contribution in [3.8, 4) is 0 Å². The summed E-state index contributed by atoms with van der Waals surface area (Å²) >= 11 is 0. The first-order valence-electron chi connectivity index (χ1n) is 7.25. The number of amidine groups is 1. The molecule has 5 nitrogen and oxygen atoms in total. The van der Waals surface area contributed by atoms with Crippen LogP contribution in [0.3, 0.4) is 0 Å². The van der Waals surface area contributed by atoms with Crippen molar-refractivity contribution in [2.75, 3.05) is 13.1 Å². The van der Waals surface area contributed by atoms with Crippen molar-refractivity contribution in [2.24, 2.45) is 22.2 Å². The minimum Gasteiger partial charge on any atom is -0.409 e. The topological polar surface area (TPSA) is 90.9 Å². The monoisotopic (exact) mass is 273 g/mol. The number of nitrogens with zero attached hydrogens (tertiary/aromatic N) is 1. The van der Waals surface area contributed by atoms with E-state index in [9.17, 15) is 5.11 Å². The highest BCUT2D eigenvalue weighted by Crippen LogP contribution is 2.21. The maximum absolute atomic E-state index is 9.96. The van der Waals surface area contributed by atoms with Crippen molar-refractivity contribution in [1.82, 2.24) is 5.32 Å². The van der Waals surface area contributed by atoms with E-state index < -0.39 is 0 Å². The molecule has 0 aromatic rings. The zero-order chi connectivity index (χ0) is 14.9. The van der Waals surface area contributed by atoms with Crippen LogP contribution in [0.15, 0.2) is 5.16 Å². The van der Waals surface area contributed by atoms with Gasteiger partial charge in [0.1, 0.15) is 5.84 Å². The number of aliphatic hydroxyl groups excluding tert-OH is 1. The fourth-order valence-electron chi connectivity index (χ4n) is 2.17. The summed E-state index contributed by atoms with van der Waals surface area (Å²) < 4.78 is 0. The van der Waals surface area contributed by atoms with Gasteiger partial charge in [-0.3, -0.25) is 0 Å². The van der Waals surface area contributed by atoms with Crippen LogP contribution >= 0.6 is 0 Å². The summed E-state index contributed by atoms with van der Waals surface area (Å²) in [5.74, 6) is 0.644. The largest absolute Gasteiger partial charge is 0.409 e. The Labute approximate surface area is 117 Å². The van der Waals surface area contributed by atoms with Crippen molar-refractivity contribution < 1.29 is 10.3 Å². The molecule has 0 saturated carbocycles. The van der Waals surface area contributed by atoms with Gasteiger partial charge in [-0.25, -0.2) is 0 Å². The number of nitrogens with two attached hydrogens (primary N) is 1. The van der Waals surface area contributed by atoms with Crippen molar-refractivity contribution >= 4 is 5.84 Å². The van der Waals surface area contributed by atoms with E-state index >= 15 is 0 Å². The van der Waals surface area contributed by atoms with E-state index in [2.05, 4.69) is 24.3 Å². The van der Waals surface area contributed by atoms with Gasteiger partial charge in [-0.15, -0.1) is 0 Å². The maximum Gasteiger partial charge on any atom is 0.144 e. The quantitative estimate of drug-likeness (QED) is 0.161. The molecule has 19 heavy (non-hydrogen) atoms. The summed E-state index contributed by atoms with van der Waals surface area (Å²) in [6.45, 7) is 9.60. The van der Waals surface area contributed by atoms with Crippen LogP contribution in [0.5, 0.6) is 0 Å². The number of oxime groups is 1. The number of aliphatic hydroxyl groups is 1. The normalized spacial score (nSPS) is 14.9. The van der Waals surface area contributed by atoms with Gasteiger partial charge in [0, 0.05) is 12.0 Å². The summed E-state index contributed by atoms with van der Waals surface area (Å²) in [6.07, 6.45) is 3.52. The first-order valence-corrected chi connectivity index (χ1v) is 7.25. The third kappa shape index (κ3) is 6.78. The van der Waals surface area contributed by atoms with E-state index in [1.165, 1.54) is 0 Å². The van der Waals surface area contributed by atoms with Crippen LogP contribution < -0.4 is 11.1 Å². The van der Waals surface area contributed by atoms with Gasteiger partial charge in [0.25, 0.3) is 0 Å². The maximum atomic E-state index is 9.96. The summed E-state index contributed by atoms with van der Waals surface area (Å²) in [4.78, 5) is 0. The molecule has 5 N–H and O–H groups in total. The molecule has 5 heteroatoms. The van der Waals surface area contributed by atoms with Gasteiger partial charge in [0.05, 0.1) is 6.10 Å². The molecule has 0 fully saturated rings. The number of hydrogen-bond acceptors (Lipinski definition) is 4. The molecule has 0 aromatic heterocycles. The standard InChI is InChI=1S/C14H31N3O2/c1-5-11(6-2)12(18)10-16-9-7-8-14(3,4)13(15)17-19/h11-12,16,18-19H,5-10H2,1-4H3,(H2,15,17). The predicted octanol–water partition coefficient (Wildman–Crippen LogP) is 1.93. The van der Waals surface area contributed by atoms with Gasteiger partial charge in [-0.1, -0.05) is 45.7 Å². The van der Waals surface area contributed by atoms with Crippen LogP contribution in [0.2, 0.25) is 0 Å². The fraction of sp³-hybridized carbons (Fsp3) is 0.929. The van der Waals surface area contributed by atoms with Crippen molar-refractivity contribution in [3.05, 3.63) is 0 Å². The minimum absolute atomic E-state index is 0.268. The van der Waals surface area contributed by atoms with Gasteiger partial charge < -0.3 is 21.4 Å². The molecule has 0 heterocycles. The lowest BCUT2D eigenvalue weighted by molar-refractivity contribution is 0.101. The summed E-state index contributed by atoms with van der Waals surface area (Å²) in [6, 6.07) is 0. The molecular weight excluding hydrogens is 242 g/mol. The third-order valence-corrected chi connectivity index (χ3v) is 3.90. The second kappa shape index (κ2) is 9.15. The van der Waals surface area contributed by atoms with Crippen LogP contribution in [-0.4, -0.2) is 35.3 Å². The van der Waals surface area contributed by atoms with Crippen molar-refractivity contribution in [2.45, 2.75) is 59.5 Å². The third-order valence-electron chi connectivity index (χ3n) is 3.90. The average Bonchev–Trinajstić information content (AvgIpc) is 2.38. The lowest BCUT2D eigenvalue weighted by atomic mass is 9.86. The Balaban J connectivity index is 3.82. The first kappa shape index (κ1) is 18.2. The molecule has 0 saturated heterocycles. The smallest absolute Gasteiger partial charge is 0.144 e. The van der Waals surface area contributed by atoms with Crippen LogP contribution in [0.1, 0.15) is 53.4 Å². The van der Waals surface area contributed by atoms with Crippen molar-refractivity contribution in [1.29, 1.82) is 0 Å². The van der Waals surface area contributed by atoms with Crippen LogP contribution in [-0.2, 0) is 0 Å². The second-order valence-corrected chi connectivity index (χ2v) is 5.82. The number of rotatable bonds is 10. The zero-order valence-corrected chi connectivity index (χ0v) is 12.8. The molecule has 0 spiro atoms. The minimum atomic E-state index is -0.287. The molecule has 0 radical (unpaired) electrons. The molecule has 114 valence electrons. The Morgan fingerprint density at radius 3 is 2.37 bits per heavy atom. The van der Waals surface area contributed by atoms with Gasteiger partial charge in [0.15, 0.2) is 0 Å². The number of hydrogen-bond donors (Lipinski definition) is 4. The van der Waals surface area contributed by atoms with E-state index in [1.807, 2.05) is 13.8 Å². The Bertz CT molecular complexity index is 263. The van der Waals surface area contributed by atoms with E-state index in [1.54, 1.807) is 0 Å². The average molecular weight is 273 g/mol. The van der Waals surface area contributed by atoms with E-state index in [-0.39, 0.29) is 17.4 Å². The van der Waals surface area contributed by atoms with Gasteiger partial charge in [-0.2, -0.15) is 0 Å². The first-order chi connectivity index (χ1) is 8.88. The second-order valence-electron chi connectivity index (χ2n) is 5.82. The lowest BCUT2D eigenvalue weighted by Gasteiger charge is -2.23. The molecule has 1 atom stereocenters. The molecule has 0 aliphatic rings. The zero-order valence-electron chi connectivity index (χ0n) is 12.8. The van der Waals surface area contributed by atoms with Crippen LogP contribution in [0, 0.1) is 11.3 Å². The Hall–Kier alpha value is -0.810. The highest BCUT2D eigenvalue weighted by Gasteiger charge is 2.22. The van der Waals surface area contributed by atoms with Gasteiger partial charge >= 0.3 is 0 Å². The molecular formula is C14H31N3O2. The van der Waals surface area contributed by atoms with Crippen LogP contribution in [0.4, 0.5) is 0 Å². The van der Waals surface area contributed by atoms with E-state index in [0.717, 1.165) is 32.2 Å². The Morgan fingerprint density at radius 2 is 1.89 bits per heavy atom. The summed E-state index contributed by atoms with van der Waals surface area (Å²) in [7, 11) is 0. The van der Waals surface area contributed by atoms with Gasteiger partial charge in [0.2, 0.25) is 0 Å². The molecule has 1 unspecified atom stereocenters. The lowest BCUT2D eigenvalue weighted by Crippen LogP contribution is -2.35.